The van der Waals surface area contributed by atoms with E-state index < -0.39 is 0 Å². The maximum absolute atomic E-state index is 12.9. The number of aryl methyl sites for hydroxylation is 2. The zero-order valence-corrected chi connectivity index (χ0v) is 18.3. The fourth-order valence-electron chi connectivity index (χ4n) is 3.54. The zero-order chi connectivity index (χ0) is 22.1. The standard InChI is InChI=1S/C22H23N5O3S/c1-4-15(13-27-20(28)10-8-16(24-27)19-6-5-11-31-19)23-21(29)14-7-9-17-18(12-14)26(3)22(30)25(17)2/h5-12,15H,4,13H2,1-3H3,(H,23,29)/t15-/m1/s1. The van der Waals surface area contributed by atoms with Crippen LogP contribution >= 0.6 is 11.3 Å². The van der Waals surface area contributed by atoms with Crippen molar-refractivity contribution in [1.29, 1.82) is 0 Å². The molecular formula is C22H23N5O3S. The van der Waals surface area contributed by atoms with Crippen LogP contribution in [0.5, 0.6) is 0 Å². The molecule has 0 saturated carbocycles. The van der Waals surface area contributed by atoms with Crippen molar-refractivity contribution in [2.45, 2.75) is 25.9 Å². The molecule has 160 valence electrons. The number of carbonyl (C=O) groups is 1. The van der Waals surface area contributed by atoms with Gasteiger partial charge in [0.2, 0.25) is 0 Å². The van der Waals surface area contributed by atoms with Gasteiger partial charge in [-0.15, -0.1) is 11.3 Å². The highest BCUT2D eigenvalue weighted by molar-refractivity contribution is 7.13. The minimum absolute atomic E-state index is 0.143. The summed E-state index contributed by atoms with van der Waals surface area (Å²) in [6.07, 6.45) is 0.634. The largest absolute Gasteiger partial charge is 0.347 e. The highest BCUT2D eigenvalue weighted by Gasteiger charge is 2.17. The summed E-state index contributed by atoms with van der Waals surface area (Å²) >= 11 is 1.55. The fraction of sp³-hybridized carbons (Fsp3) is 0.273. The number of aromatic nitrogens is 4. The van der Waals surface area contributed by atoms with Crippen molar-refractivity contribution in [3.05, 3.63) is 74.2 Å². The Hall–Kier alpha value is -3.46. The van der Waals surface area contributed by atoms with E-state index in [1.54, 1.807) is 54.3 Å². The van der Waals surface area contributed by atoms with Gasteiger partial charge in [0.1, 0.15) is 5.69 Å². The number of thiophene rings is 1. The van der Waals surface area contributed by atoms with Gasteiger partial charge in [-0.1, -0.05) is 13.0 Å². The van der Waals surface area contributed by atoms with Gasteiger partial charge in [0.15, 0.2) is 0 Å². The summed E-state index contributed by atoms with van der Waals surface area (Å²) in [5.74, 6) is -0.257. The third-order valence-corrected chi connectivity index (χ3v) is 6.29. The third kappa shape index (κ3) is 3.96. The molecule has 0 aliphatic rings. The molecule has 8 nitrogen and oxygen atoms in total. The topological polar surface area (TPSA) is 90.9 Å². The van der Waals surface area contributed by atoms with Crippen LogP contribution < -0.4 is 16.6 Å². The lowest BCUT2D eigenvalue weighted by molar-refractivity contribution is 0.0930. The first-order valence-corrected chi connectivity index (χ1v) is 10.9. The molecule has 1 atom stereocenters. The predicted octanol–water partition coefficient (Wildman–Crippen LogP) is 2.37. The fourth-order valence-corrected chi connectivity index (χ4v) is 4.23. The SMILES string of the molecule is CC[C@H](Cn1nc(-c2cccs2)ccc1=O)NC(=O)c1ccc2c(c1)n(C)c(=O)n2C. The smallest absolute Gasteiger partial charge is 0.328 e. The number of hydrogen-bond acceptors (Lipinski definition) is 5. The number of imidazole rings is 1. The van der Waals surface area contributed by atoms with E-state index in [1.807, 2.05) is 24.4 Å². The van der Waals surface area contributed by atoms with Gasteiger partial charge < -0.3 is 5.32 Å². The molecule has 1 N–H and O–H groups in total. The van der Waals surface area contributed by atoms with Crippen molar-refractivity contribution in [1.82, 2.24) is 24.2 Å². The Morgan fingerprint density at radius 1 is 1.10 bits per heavy atom. The Kier molecular flexibility index (Phi) is 5.60. The third-order valence-electron chi connectivity index (χ3n) is 5.40. The summed E-state index contributed by atoms with van der Waals surface area (Å²) < 4.78 is 4.46. The van der Waals surface area contributed by atoms with Crippen molar-refractivity contribution in [2.24, 2.45) is 14.1 Å². The monoisotopic (exact) mass is 437 g/mol. The number of nitrogens with one attached hydrogen (secondary N) is 1. The van der Waals surface area contributed by atoms with Gasteiger partial charge in [-0.05, 0) is 42.1 Å². The van der Waals surface area contributed by atoms with Crippen LogP contribution in [0.2, 0.25) is 0 Å². The Labute approximate surface area is 182 Å². The first-order chi connectivity index (χ1) is 14.9. The Morgan fingerprint density at radius 3 is 2.58 bits per heavy atom. The summed E-state index contributed by atoms with van der Waals surface area (Å²) in [6, 6.07) is 12.0. The second-order valence-corrected chi connectivity index (χ2v) is 8.35. The molecule has 1 amide bonds. The summed E-state index contributed by atoms with van der Waals surface area (Å²) in [6.45, 7) is 2.22. The highest BCUT2D eigenvalue weighted by Crippen LogP contribution is 2.21. The number of nitrogens with zero attached hydrogens (tertiary/aromatic N) is 4. The van der Waals surface area contributed by atoms with Gasteiger partial charge >= 0.3 is 5.69 Å². The van der Waals surface area contributed by atoms with Crippen molar-refractivity contribution in [3.63, 3.8) is 0 Å². The van der Waals surface area contributed by atoms with E-state index >= 15 is 0 Å². The maximum atomic E-state index is 12.9. The van der Waals surface area contributed by atoms with Crippen LogP contribution in [0.25, 0.3) is 21.6 Å². The molecular weight excluding hydrogens is 414 g/mol. The molecule has 0 aliphatic heterocycles. The molecule has 9 heteroatoms. The number of carbonyl (C=O) groups excluding carboxylic acids is 1. The first-order valence-electron chi connectivity index (χ1n) is 9.97. The molecule has 3 heterocycles. The molecule has 4 rings (SSSR count). The van der Waals surface area contributed by atoms with Gasteiger partial charge in [-0.2, -0.15) is 5.10 Å². The van der Waals surface area contributed by atoms with E-state index in [-0.39, 0.29) is 29.7 Å². The quantitative estimate of drug-likeness (QED) is 0.501. The van der Waals surface area contributed by atoms with E-state index in [2.05, 4.69) is 10.4 Å². The van der Waals surface area contributed by atoms with Crippen LogP contribution in [-0.4, -0.2) is 30.9 Å². The molecule has 0 unspecified atom stereocenters. The van der Waals surface area contributed by atoms with Crippen molar-refractivity contribution in [3.8, 4) is 10.6 Å². The van der Waals surface area contributed by atoms with Crippen LogP contribution in [0.1, 0.15) is 23.7 Å². The molecule has 0 saturated heterocycles. The van der Waals surface area contributed by atoms with Gasteiger partial charge in [-0.3, -0.25) is 18.7 Å². The van der Waals surface area contributed by atoms with Crippen LogP contribution in [0, 0.1) is 0 Å². The number of fused-ring (bicyclic) bond motifs is 1. The number of hydrogen-bond donors (Lipinski definition) is 1. The van der Waals surface area contributed by atoms with Crippen LogP contribution in [0.15, 0.2) is 57.4 Å². The lowest BCUT2D eigenvalue weighted by atomic mass is 10.1. The number of rotatable bonds is 6. The van der Waals surface area contributed by atoms with E-state index in [0.717, 1.165) is 16.1 Å². The molecule has 0 fully saturated rings. The van der Waals surface area contributed by atoms with Crippen molar-refractivity contribution in [2.75, 3.05) is 0 Å². The molecule has 0 aliphatic carbocycles. The Bertz CT molecular complexity index is 1360. The number of benzene rings is 1. The zero-order valence-electron chi connectivity index (χ0n) is 17.5. The summed E-state index contributed by atoms with van der Waals surface area (Å²) in [5, 5.41) is 9.42. The average Bonchev–Trinajstić information content (AvgIpc) is 3.39. The second-order valence-electron chi connectivity index (χ2n) is 7.40. The molecule has 0 spiro atoms. The van der Waals surface area contributed by atoms with Crippen LogP contribution in [0.4, 0.5) is 0 Å². The molecule has 0 radical (unpaired) electrons. The lowest BCUT2D eigenvalue weighted by Gasteiger charge is -2.18. The highest BCUT2D eigenvalue weighted by atomic mass is 32.1. The van der Waals surface area contributed by atoms with Crippen molar-refractivity contribution >= 4 is 28.3 Å². The maximum Gasteiger partial charge on any atom is 0.328 e. The molecule has 1 aromatic carbocycles. The Morgan fingerprint density at radius 2 is 1.87 bits per heavy atom. The average molecular weight is 438 g/mol. The van der Waals surface area contributed by atoms with Crippen LogP contribution in [-0.2, 0) is 20.6 Å². The van der Waals surface area contributed by atoms with E-state index in [9.17, 15) is 14.4 Å². The van der Waals surface area contributed by atoms with E-state index in [4.69, 9.17) is 0 Å². The Balaban J connectivity index is 1.56. The van der Waals surface area contributed by atoms with E-state index in [1.165, 1.54) is 15.3 Å². The van der Waals surface area contributed by atoms with Gasteiger partial charge in [0.25, 0.3) is 11.5 Å². The molecule has 3 aromatic heterocycles. The summed E-state index contributed by atoms with van der Waals surface area (Å²) in [7, 11) is 3.38. The summed E-state index contributed by atoms with van der Waals surface area (Å²) in [5.41, 5.74) is 2.28. The molecule has 0 bridgehead atoms. The second kappa shape index (κ2) is 8.35. The number of amides is 1. The minimum Gasteiger partial charge on any atom is -0.347 e. The predicted molar refractivity (Wildman–Crippen MR) is 122 cm³/mol. The van der Waals surface area contributed by atoms with Gasteiger partial charge in [-0.25, -0.2) is 9.48 Å². The van der Waals surface area contributed by atoms with E-state index in [0.29, 0.717) is 17.5 Å². The molecule has 31 heavy (non-hydrogen) atoms. The first kappa shape index (κ1) is 20.8. The van der Waals surface area contributed by atoms with Crippen LogP contribution in [0.3, 0.4) is 0 Å². The normalized spacial score (nSPS) is 12.2. The molecule has 4 aromatic rings. The van der Waals surface area contributed by atoms with Crippen molar-refractivity contribution < 1.29 is 4.79 Å². The van der Waals surface area contributed by atoms with Gasteiger partial charge in [0.05, 0.1) is 22.5 Å². The lowest BCUT2D eigenvalue weighted by Crippen LogP contribution is -2.40. The summed E-state index contributed by atoms with van der Waals surface area (Å²) in [4.78, 5) is 38.3. The van der Waals surface area contributed by atoms with Gasteiger partial charge in [0, 0.05) is 31.8 Å². The minimum atomic E-state index is -0.272.